The zero-order valence-electron chi connectivity index (χ0n) is 17.9. The monoisotopic (exact) mass is 445 g/mol. The average Bonchev–Trinajstić information content (AvgIpc) is 2.78. The molecule has 0 aliphatic carbocycles. The van der Waals surface area contributed by atoms with Crippen LogP contribution in [0.2, 0.25) is 0 Å². The number of rotatable bonds is 6. The van der Waals surface area contributed by atoms with Gasteiger partial charge in [0.15, 0.2) is 0 Å². The largest absolute Gasteiger partial charge is 0.453 e. The number of nitrogens with zero attached hydrogens (tertiary/aromatic N) is 2. The normalized spacial score (nSPS) is 13.6. The van der Waals surface area contributed by atoms with Crippen molar-refractivity contribution in [1.82, 2.24) is 9.21 Å². The molecule has 1 N–H and O–H groups in total. The highest BCUT2D eigenvalue weighted by Crippen LogP contribution is 2.24. The first kappa shape index (κ1) is 22.8. The minimum atomic E-state index is -3.57. The third-order valence-corrected chi connectivity index (χ3v) is 7.43. The third-order valence-electron chi connectivity index (χ3n) is 5.37. The van der Waals surface area contributed by atoms with Crippen LogP contribution in [0.25, 0.3) is 0 Å². The summed E-state index contributed by atoms with van der Waals surface area (Å²) in [5.41, 5.74) is 3.04. The highest BCUT2D eigenvalue weighted by atomic mass is 32.2. The van der Waals surface area contributed by atoms with Gasteiger partial charge in [0, 0.05) is 37.4 Å². The van der Waals surface area contributed by atoms with Gasteiger partial charge in [-0.1, -0.05) is 19.9 Å². The molecule has 0 aromatic heterocycles. The lowest BCUT2D eigenvalue weighted by molar-refractivity contribution is 0.102. The number of sulfonamides is 1. The molecule has 8 nitrogen and oxygen atoms in total. The minimum Gasteiger partial charge on any atom is -0.453 e. The van der Waals surface area contributed by atoms with Crippen molar-refractivity contribution in [2.45, 2.75) is 31.7 Å². The van der Waals surface area contributed by atoms with Crippen LogP contribution < -0.4 is 5.32 Å². The van der Waals surface area contributed by atoms with Gasteiger partial charge in [-0.25, -0.2) is 13.2 Å². The van der Waals surface area contributed by atoms with Crippen LogP contribution in [-0.4, -0.2) is 56.4 Å². The van der Waals surface area contributed by atoms with Crippen molar-refractivity contribution in [3.05, 3.63) is 59.2 Å². The molecule has 0 atom stereocenters. The number of benzene rings is 2. The van der Waals surface area contributed by atoms with Gasteiger partial charge in [-0.15, -0.1) is 0 Å². The van der Waals surface area contributed by atoms with Crippen molar-refractivity contribution in [3.8, 4) is 0 Å². The molecular formula is C22H27N3O5S. The van der Waals surface area contributed by atoms with Gasteiger partial charge in [-0.2, -0.15) is 4.31 Å². The van der Waals surface area contributed by atoms with Crippen LogP contribution in [-0.2, 0) is 27.7 Å². The molecule has 1 aliphatic heterocycles. The van der Waals surface area contributed by atoms with Gasteiger partial charge in [0.05, 0.1) is 12.0 Å². The Hall–Kier alpha value is -2.91. The Labute approximate surface area is 182 Å². The van der Waals surface area contributed by atoms with Gasteiger partial charge in [-0.05, 0) is 53.9 Å². The number of methoxy groups -OCH3 is 1. The van der Waals surface area contributed by atoms with E-state index >= 15 is 0 Å². The Balaban J connectivity index is 1.73. The number of carbonyl (C=O) groups excluding carboxylic acids is 2. The van der Waals surface area contributed by atoms with E-state index in [0.717, 1.165) is 17.5 Å². The quantitative estimate of drug-likeness (QED) is 0.737. The average molecular weight is 446 g/mol. The van der Waals surface area contributed by atoms with Crippen LogP contribution in [0.1, 0.15) is 35.3 Å². The van der Waals surface area contributed by atoms with E-state index in [1.165, 1.54) is 35.7 Å². The predicted molar refractivity (Wildman–Crippen MR) is 117 cm³/mol. The van der Waals surface area contributed by atoms with Gasteiger partial charge in [0.25, 0.3) is 5.91 Å². The standard InChI is InChI=1S/C22H27N3O5S/c1-4-25(5-2)31(28,29)20-10-7-17(8-11-20)21(26)23-19-9-6-16-12-13-24(22(27)30-3)15-18(16)14-19/h6-11,14H,4-5,12-13,15H2,1-3H3,(H,23,26). The number of hydrogen-bond acceptors (Lipinski definition) is 5. The summed E-state index contributed by atoms with van der Waals surface area (Å²) in [6.07, 6.45) is 0.348. The molecule has 0 fully saturated rings. The smallest absolute Gasteiger partial charge is 0.409 e. The molecular weight excluding hydrogens is 418 g/mol. The Morgan fingerprint density at radius 1 is 1.06 bits per heavy atom. The lowest BCUT2D eigenvalue weighted by Crippen LogP contribution is -2.35. The van der Waals surface area contributed by atoms with Crippen molar-refractivity contribution in [2.75, 3.05) is 32.1 Å². The topological polar surface area (TPSA) is 96.0 Å². The van der Waals surface area contributed by atoms with Crippen molar-refractivity contribution < 1.29 is 22.7 Å². The number of fused-ring (bicyclic) bond motifs is 1. The maximum atomic E-state index is 12.7. The van der Waals surface area contributed by atoms with Gasteiger partial charge < -0.3 is 15.0 Å². The summed E-state index contributed by atoms with van der Waals surface area (Å²) in [6, 6.07) is 11.5. The van der Waals surface area contributed by atoms with Crippen LogP contribution in [0.5, 0.6) is 0 Å². The van der Waals surface area contributed by atoms with Crippen molar-refractivity contribution in [2.24, 2.45) is 0 Å². The molecule has 31 heavy (non-hydrogen) atoms. The first-order chi connectivity index (χ1) is 14.8. The van der Waals surface area contributed by atoms with Gasteiger partial charge >= 0.3 is 6.09 Å². The second kappa shape index (κ2) is 9.49. The Bertz CT molecular complexity index is 1060. The lowest BCUT2D eigenvalue weighted by atomic mass is 9.99. The maximum absolute atomic E-state index is 12.7. The number of carbonyl (C=O) groups is 2. The molecule has 166 valence electrons. The summed E-state index contributed by atoms with van der Waals surface area (Å²) >= 11 is 0. The number of ether oxygens (including phenoxy) is 1. The van der Waals surface area contributed by atoms with Crippen molar-refractivity contribution in [1.29, 1.82) is 0 Å². The minimum absolute atomic E-state index is 0.157. The fourth-order valence-electron chi connectivity index (χ4n) is 3.61. The zero-order valence-corrected chi connectivity index (χ0v) is 18.7. The second-order valence-corrected chi connectivity index (χ2v) is 9.13. The number of hydrogen-bond donors (Lipinski definition) is 1. The van der Waals surface area contributed by atoms with Crippen LogP contribution in [0.4, 0.5) is 10.5 Å². The number of nitrogens with one attached hydrogen (secondary N) is 1. The van der Waals surface area contributed by atoms with E-state index in [-0.39, 0.29) is 16.9 Å². The maximum Gasteiger partial charge on any atom is 0.409 e. The van der Waals surface area contributed by atoms with E-state index in [1.54, 1.807) is 18.7 Å². The third kappa shape index (κ3) is 4.88. The zero-order chi connectivity index (χ0) is 22.6. The lowest BCUT2D eigenvalue weighted by Gasteiger charge is -2.28. The van der Waals surface area contributed by atoms with Crippen LogP contribution in [0, 0.1) is 0 Å². The van der Waals surface area contributed by atoms with Gasteiger partial charge in [-0.3, -0.25) is 4.79 Å². The molecule has 0 saturated heterocycles. The summed E-state index contributed by atoms with van der Waals surface area (Å²) in [6.45, 7) is 5.34. The van der Waals surface area contributed by atoms with Crippen LogP contribution >= 0.6 is 0 Å². The SMILES string of the molecule is CCN(CC)S(=O)(=O)c1ccc(C(=O)Nc2ccc3c(c2)CN(C(=O)OC)CC3)cc1. The van der Waals surface area contributed by atoms with Crippen molar-refractivity contribution >= 4 is 27.7 Å². The fourth-order valence-corrected chi connectivity index (χ4v) is 5.07. The van der Waals surface area contributed by atoms with Crippen LogP contribution in [0.15, 0.2) is 47.4 Å². The summed E-state index contributed by atoms with van der Waals surface area (Å²) < 4.78 is 31.3. The molecule has 0 unspecified atom stereocenters. The first-order valence-corrected chi connectivity index (χ1v) is 11.6. The summed E-state index contributed by atoms with van der Waals surface area (Å²) in [7, 11) is -2.21. The molecule has 1 aliphatic rings. The molecule has 0 saturated carbocycles. The van der Waals surface area contributed by atoms with E-state index in [1.807, 2.05) is 18.2 Å². The fraction of sp³-hybridized carbons (Fsp3) is 0.364. The number of anilines is 1. The van der Waals surface area contributed by atoms with Crippen molar-refractivity contribution in [3.63, 3.8) is 0 Å². The van der Waals surface area contributed by atoms with E-state index < -0.39 is 10.0 Å². The number of amides is 2. The molecule has 0 spiro atoms. The summed E-state index contributed by atoms with van der Waals surface area (Å²) in [5.74, 6) is -0.340. The highest BCUT2D eigenvalue weighted by Gasteiger charge is 2.23. The second-order valence-electron chi connectivity index (χ2n) is 7.19. The van der Waals surface area contributed by atoms with Gasteiger partial charge in [0.2, 0.25) is 10.0 Å². The summed E-state index contributed by atoms with van der Waals surface area (Å²) in [5, 5.41) is 2.84. The van der Waals surface area contributed by atoms with E-state index in [4.69, 9.17) is 4.74 Å². The Kier molecular flexibility index (Phi) is 6.97. The van der Waals surface area contributed by atoms with Crippen LogP contribution in [0.3, 0.4) is 0 Å². The molecule has 2 aromatic carbocycles. The molecule has 9 heteroatoms. The summed E-state index contributed by atoms with van der Waals surface area (Å²) in [4.78, 5) is 26.2. The Morgan fingerprint density at radius 3 is 2.35 bits per heavy atom. The Morgan fingerprint density at radius 2 is 1.74 bits per heavy atom. The molecule has 0 bridgehead atoms. The predicted octanol–water partition coefficient (Wildman–Crippen LogP) is 3.09. The molecule has 3 rings (SSSR count). The van der Waals surface area contributed by atoms with E-state index in [9.17, 15) is 18.0 Å². The van der Waals surface area contributed by atoms with E-state index in [0.29, 0.717) is 37.4 Å². The first-order valence-electron chi connectivity index (χ1n) is 10.2. The molecule has 2 amide bonds. The van der Waals surface area contributed by atoms with Gasteiger partial charge in [0.1, 0.15) is 0 Å². The molecule has 2 aromatic rings. The highest BCUT2D eigenvalue weighted by molar-refractivity contribution is 7.89. The molecule has 1 heterocycles. The van der Waals surface area contributed by atoms with E-state index in [2.05, 4.69) is 5.32 Å². The molecule has 0 radical (unpaired) electrons.